The molecule has 1 amide bonds. The molecule has 4 aromatic rings. The molecule has 0 saturated carbocycles. The first kappa shape index (κ1) is 18.6. The van der Waals surface area contributed by atoms with Crippen molar-refractivity contribution in [1.82, 2.24) is 35.1 Å². The first-order valence-corrected chi connectivity index (χ1v) is 10.6. The molecule has 0 N–H and O–H groups in total. The lowest BCUT2D eigenvalue weighted by molar-refractivity contribution is -0.135. The van der Waals surface area contributed by atoms with Gasteiger partial charge in [0.15, 0.2) is 5.13 Å². The summed E-state index contributed by atoms with van der Waals surface area (Å²) in [5, 5.41) is 12.4. The predicted molar refractivity (Wildman–Crippen MR) is 113 cm³/mol. The maximum absolute atomic E-state index is 13.4. The molecule has 9 nitrogen and oxygen atoms in total. The number of tetrazole rings is 1. The summed E-state index contributed by atoms with van der Waals surface area (Å²) in [5.74, 6) is 0.0387. The maximum Gasteiger partial charge on any atom is 0.248 e. The van der Waals surface area contributed by atoms with Crippen molar-refractivity contribution in [2.45, 2.75) is 12.5 Å². The molecule has 0 radical (unpaired) electrons. The normalized spacial score (nSPS) is 15.5. The zero-order chi connectivity index (χ0) is 20.3. The summed E-state index contributed by atoms with van der Waals surface area (Å²) in [7, 11) is 0. The van der Waals surface area contributed by atoms with Crippen LogP contribution in [0.15, 0.2) is 55.0 Å². The molecule has 1 aliphatic heterocycles. The summed E-state index contributed by atoms with van der Waals surface area (Å²) < 4.78 is 1.56. The van der Waals surface area contributed by atoms with Crippen molar-refractivity contribution in [3.8, 4) is 0 Å². The van der Waals surface area contributed by atoms with Crippen LogP contribution in [0.4, 0.5) is 5.13 Å². The molecule has 1 aliphatic rings. The molecular formula is C20H20N8OS. The summed E-state index contributed by atoms with van der Waals surface area (Å²) in [6.07, 6.45) is 3.84. The second-order valence-corrected chi connectivity index (χ2v) is 8.09. The summed E-state index contributed by atoms with van der Waals surface area (Å²) in [5.41, 5.74) is 1.99. The van der Waals surface area contributed by atoms with Crippen molar-refractivity contribution in [3.05, 3.63) is 60.6 Å². The Hall–Kier alpha value is -3.40. The first-order chi connectivity index (χ1) is 14.8. The molecule has 0 aliphatic carbocycles. The minimum atomic E-state index is -0.458. The van der Waals surface area contributed by atoms with Crippen molar-refractivity contribution >= 4 is 32.7 Å². The SMILES string of the molecule is O=C(C(Cc1ccccc1)n1cnnn1)N1CCN(c2nc3cccnc3s2)CC1. The molecule has 1 unspecified atom stereocenters. The highest BCUT2D eigenvalue weighted by Gasteiger charge is 2.30. The number of benzene rings is 1. The van der Waals surface area contributed by atoms with Crippen LogP contribution in [0.5, 0.6) is 0 Å². The average molecular weight is 421 g/mol. The fourth-order valence-electron chi connectivity index (χ4n) is 3.67. The molecule has 0 spiro atoms. The van der Waals surface area contributed by atoms with Gasteiger partial charge in [-0.25, -0.2) is 14.6 Å². The quantitative estimate of drug-likeness (QED) is 0.486. The van der Waals surface area contributed by atoms with E-state index in [1.165, 1.54) is 6.33 Å². The van der Waals surface area contributed by atoms with Crippen molar-refractivity contribution in [2.75, 3.05) is 31.1 Å². The van der Waals surface area contributed by atoms with E-state index in [1.54, 1.807) is 22.2 Å². The smallest absolute Gasteiger partial charge is 0.248 e. The van der Waals surface area contributed by atoms with Crippen LogP contribution in [0.3, 0.4) is 0 Å². The van der Waals surface area contributed by atoms with E-state index >= 15 is 0 Å². The Labute approximate surface area is 177 Å². The third kappa shape index (κ3) is 3.73. The second kappa shape index (κ2) is 8.15. The number of hydrogen-bond donors (Lipinski definition) is 0. The van der Waals surface area contributed by atoms with Crippen LogP contribution < -0.4 is 4.90 Å². The molecule has 152 valence electrons. The van der Waals surface area contributed by atoms with E-state index in [0.717, 1.165) is 34.1 Å². The number of carbonyl (C=O) groups excluding carboxylic acids is 1. The fraction of sp³-hybridized carbons (Fsp3) is 0.300. The molecule has 5 rings (SSSR count). The van der Waals surface area contributed by atoms with Gasteiger partial charge in [-0.05, 0) is 28.1 Å². The van der Waals surface area contributed by atoms with Gasteiger partial charge in [0.2, 0.25) is 5.91 Å². The van der Waals surface area contributed by atoms with Crippen LogP contribution >= 0.6 is 11.3 Å². The molecule has 3 aromatic heterocycles. The third-order valence-corrected chi connectivity index (χ3v) is 6.30. The minimum absolute atomic E-state index is 0.0387. The Balaban J connectivity index is 1.29. The number of aromatic nitrogens is 6. The lowest BCUT2D eigenvalue weighted by Gasteiger charge is -2.36. The van der Waals surface area contributed by atoms with Crippen LogP contribution in [0, 0.1) is 0 Å². The Morgan fingerprint density at radius 1 is 1.07 bits per heavy atom. The van der Waals surface area contributed by atoms with Crippen LogP contribution in [0.2, 0.25) is 0 Å². The van der Waals surface area contributed by atoms with Crippen molar-refractivity contribution in [2.24, 2.45) is 0 Å². The van der Waals surface area contributed by atoms with Crippen LogP contribution in [-0.2, 0) is 11.2 Å². The van der Waals surface area contributed by atoms with E-state index in [9.17, 15) is 4.79 Å². The summed E-state index contributed by atoms with van der Waals surface area (Å²) in [4.78, 5) is 27.5. The van der Waals surface area contributed by atoms with Crippen LogP contribution in [-0.4, -0.2) is 67.2 Å². The van der Waals surface area contributed by atoms with E-state index in [1.807, 2.05) is 47.4 Å². The first-order valence-electron chi connectivity index (χ1n) is 9.79. The molecule has 1 aromatic carbocycles. The number of rotatable bonds is 5. The predicted octanol–water partition coefficient (Wildman–Crippen LogP) is 1.81. The molecule has 0 bridgehead atoms. The maximum atomic E-state index is 13.4. The fourth-order valence-corrected chi connectivity index (χ4v) is 4.63. The van der Waals surface area contributed by atoms with E-state index < -0.39 is 6.04 Å². The number of fused-ring (bicyclic) bond motifs is 1. The lowest BCUT2D eigenvalue weighted by atomic mass is 10.0. The summed E-state index contributed by atoms with van der Waals surface area (Å²) in [6.45, 7) is 2.74. The number of anilines is 1. The van der Waals surface area contributed by atoms with Gasteiger partial charge in [-0.2, -0.15) is 0 Å². The number of carbonyl (C=O) groups is 1. The zero-order valence-electron chi connectivity index (χ0n) is 16.2. The molecule has 1 fully saturated rings. The van der Waals surface area contributed by atoms with Crippen LogP contribution in [0.25, 0.3) is 10.3 Å². The molecular weight excluding hydrogens is 400 g/mol. The highest BCUT2D eigenvalue weighted by molar-refractivity contribution is 7.21. The van der Waals surface area contributed by atoms with Crippen molar-refractivity contribution in [3.63, 3.8) is 0 Å². The molecule has 1 atom stereocenters. The Morgan fingerprint density at radius 2 is 1.90 bits per heavy atom. The third-order valence-electron chi connectivity index (χ3n) is 5.26. The van der Waals surface area contributed by atoms with E-state index in [2.05, 4.69) is 30.4 Å². The topological polar surface area (TPSA) is 92.9 Å². The highest BCUT2D eigenvalue weighted by Crippen LogP contribution is 2.28. The van der Waals surface area contributed by atoms with Gasteiger partial charge in [-0.15, -0.1) is 5.10 Å². The summed E-state index contributed by atoms with van der Waals surface area (Å²) in [6, 6.07) is 13.4. The Bertz CT molecular complexity index is 1090. The van der Waals surface area contributed by atoms with Gasteiger partial charge in [-0.3, -0.25) is 4.79 Å². The monoisotopic (exact) mass is 420 g/mol. The van der Waals surface area contributed by atoms with Gasteiger partial charge >= 0.3 is 0 Å². The Kier molecular flexibility index (Phi) is 5.06. The molecule has 10 heteroatoms. The standard InChI is InChI=1S/C20H20N8OS/c29-19(17(28-14-22-24-25-28)13-15-5-2-1-3-6-15)26-9-11-27(12-10-26)20-23-16-7-4-8-21-18(16)30-20/h1-8,14,17H,9-13H2. The van der Waals surface area contributed by atoms with Crippen molar-refractivity contribution < 1.29 is 4.79 Å². The minimum Gasteiger partial charge on any atom is -0.344 e. The highest BCUT2D eigenvalue weighted by atomic mass is 32.1. The average Bonchev–Trinajstić information content (AvgIpc) is 3.48. The summed E-state index contributed by atoms with van der Waals surface area (Å²) >= 11 is 1.59. The van der Waals surface area contributed by atoms with Gasteiger partial charge < -0.3 is 9.80 Å². The van der Waals surface area contributed by atoms with E-state index in [0.29, 0.717) is 19.5 Å². The number of piperazine rings is 1. The number of amides is 1. The number of thiazole rings is 1. The van der Waals surface area contributed by atoms with Crippen LogP contribution in [0.1, 0.15) is 11.6 Å². The lowest BCUT2D eigenvalue weighted by Crippen LogP contribution is -2.51. The molecule has 30 heavy (non-hydrogen) atoms. The number of nitrogens with zero attached hydrogens (tertiary/aromatic N) is 8. The van der Waals surface area contributed by atoms with E-state index in [-0.39, 0.29) is 5.91 Å². The largest absolute Gasteiger partial charge is 0.344 e. The van der Waals surface area contributed by atoms with E-state index in [4.69, 9.17) is 0 Å². The zero-order valence-corrected chi connectivity index (χ0v) is 17.0. The Morgan fingerprint density at radius 3 is 2.63 bits per heavy atom. The van der Waals surface area contributed by atoms with Crippen molar-refractivity contribution in [1.29, 1.82) is 0 Å². The molecule has 4 heterocycles. The van der Waals surface area contributed by atoms with Gasteiger partial charge in [0.05, 0.1) is 0 Å². The second-order valence-electron chi connectivity index (χ2n) is 7.13. The number of pyridine rings is 1. The van der Waals surface area contributed by atoms with Gasteiger partial charge in [0, 0.05) is 38.8 Å². The number of hydrogen-bond acceptors (Lipinski definition) is 8. The van der Waals surface area contributed by atoms with Gasteiger partial charge in [0.25, 0.3) is 0 Å². The molecule has 1 saturated heterocycles. The van der Waals surface area contributed by atoms with Gasteiger partial charge in [0.1, 0.15) is 22.7 Å². The van der Waals surface area contributed by atoms with Gasteiger partial charge in [-0.1, -0.05) is 41.7 Å².